The highest BCUT2D eigenvalue weighted by Crippen LogP contribution is 2.29. The Bertz CT molecular complexity index is 513. The van der Waals surface area contributed by atoms with Crippen molar-refractivity contribution in [1.82, 2.24) is 4.72 Å². The molecule has 0 radical (unpaired) electrons. The molecule has 0 spiro atoms. The van der Waals surface area contributed by atoms with Crippen LogP contribution < -0.4 is 4.72 Å². The normalized spacial score (nSPS) is 13.3. The van der Waals surface area contributed by atoms with Crippen molar-refractivity contribution < 1.29 is 18.3 Å². The van der Waals surface area contributed by atoms with Crippen LogP contribution in [0.25, 0.3) is 0 Å². The van der Waals surface area contributed by atoms with Crippen LogP contribution in [0.2, 0.25) is 0 Å². The molecule has 0 bridgehead atoms. The van der Waals surface area contributed by atoms with Gasteiger partial charge in [-0.15, -0.1) is 11.8 Å². The van der Waals surface area contributed by atoms with Gasteiger partial charge in [-0.1, -0.05) is 12.1 Å². The quantitative estimate of drug-likeness (QED) is 0.788. The van der Waals surface area contributed by atoms with Gasteiger partial charge in [0.15, 0.2) is 0 Å². The van der Waals surface area contributed by atoms with E-state index in [4.69, 9.17) is 5.11 Å². The summed E-state index contributed by atoms with van der Waals surface area (Å²) >= 11 is 1.00. The zero-order valence-corrected chi connectivity index (χ0v) is 11.0. The van der Waals surface area contributed by atoms with E-state index >= 15 is 0 Å². The molecule has 1 atom stereocenters. The van der Waals surface area contributed by atoms with E-state index in [2.05, 4.69) is 4.72 Å². The molecule has 0 aromatic heterocycles. The first-order valence-electron chi connectivity index (χ1n) is 4.80. The number of nitrogens with one attached hydrogen (secondary N) is 1. The summed E-state index contributed by atoms with van der Waals surface area (Å²) in [5, 5.41) is 8.10. The fourth-order valence-corrected chi connectivity index (χ4v) is 3.23. The second-order valence-corrected chi connectivity index (χ2v) is 6.49. The number of carbonyl (C=O) groups is 1. The lowest BCUT2D eigenvalue weighted by Crippen LogP contribution is -2.20. The molecule has 94 valence electrons. The van der Waals surface area contributed by atoms with Crippen molar-refractivity contribution in [2.75, 3.05) is 7.05 Å². The fraction of sp³-hybridized carbons (Fsp3) is 0.300. The van der Waals surface area contributed by atoms with Gasteiger partial charge in [0.2, 0.25) is 10.0 Å². The number of thioether (sulfide) groups is 1. The number of aliphatic carboxylic acids is 1. The van der Waals surface area contributed by atoms with Crippen LogP contribution in [0.3, 0.4) is 0 Å². The van der Waals surface area contributed by atoms with Gasteiger partial charge in [0, 0.05) is 4.90 Å². The van der Waals surface area contributed by atoms with Crippen molar-refractivity contribution in [2.24, 2.45) is 0 Å². The first kappa shape index (κ1) is 14.0. The molecule has 0 saturated carbocycles. The van der Waals surface area contributed by atoms with Crippen LogP contribution in [-0.4, -0.2) is 31.8 Å². The summed E-state index contributed by atoms with van der Waals surface area (Å²) in [5.74, 6) is -0.980. The Labute approximate surface area is 104 Å². The lowest BCUT2D eigenvalue weighted by atomic mass is 10.4. The van der Waals surface area contributed by atoms with Crippen LogP contribution in [0, 0.1) is 0 Å². The number of benzene rings is 1. The van der Waals surface area contributed by atoms with E-state index in [1.54, 1.807) is 18.2 Å². The molecule has 0 amide bonds. The van der Waals surface area contributed by atoms with Crippen LogP contribution in [-0.2, 0) is 14.8 Å². The molecule has 1 rings (SSSR count). The Kier molecular flexibility index (Phi) is 4.55. The van der Waals surface area contributed by atoms with Crippen molar-refractivity contribution in [1.29, 1.82) is 0 Å². The van der Waals surface area contributed by atoms with Crippen LogP contribution in [0.5, 0.6) is 0 Å². The van der Waals surface area contributed by atoms with Gasteiger partial charge < -0.3 is 5.11 Å². The van der Waals surface area contributed by atoms with Crippen molar-refractivity contribution in [3.8, 4) is 0 Å². The third-order valence-corrected chi connectivity index (χ3v) is 4.83. The molecule has 17 heavy (non-hydrogen) atoms. The van der Waals surface area contributed by atoms with E-state index < -0.39 is 21.2 Å². The second-order valence-electron chi connectivity index (χ2n) is 3.25. The van der Waals surface area contributed by atoms with E-state index in [0.29, 0.717) is 4.90 Å². The highest BCUT2D eigenvalue weighted by atomic mass is 32.2. The Morgan fingerprint density at radius 3 is 2.53 bits per heavy atom. The van der Waals surface area contributed by atoms with Crippen LogP contribution in [0.1, 0.15) is 6.92 Å². The van der Waals surface area contributed by atoms with E-state index in [0.717, 1.165) is 11.8 Å². The molecule has 1 aromatic carbocycles. The van der Waals surface area contributed by atoms with Gasteiger partial charge in [0.1, 0.15) is 5.25 Å². The van der Waals surface area contributed by atoms with E-state index in [1.807, 2.05) is 0 Å². The molecule has 0 fully saturated rings. The molecule has 2 N–H and O–H groups in total. The van der Waals surface area contributed by atoms with E-state index in [1.165, 1.54) is 20.0 Å². The van der Waals surface area contributed by atoms with Gasteiger partial charge in [0.25, 0.3) is 0 Å². The smallest absolute Gasteiger partial charge is 0.316 e. The summed E-state index contributed by atoms with van der Waals surface area (Å²) in [6.45, 7) is 1.51. The summed E-state index contributed by atoms with van der Waals surface area (Å²) < 4.78 is 25.6. The Morgan fingerprint density at radius 2 is 2.00 bits per heavy atom. The number of hydrogen-bond donors (Lipinski definition) is 2. The number of hydrogen-bond acceptors (Lipinski definition) is 4. The molecule has 0 aliphatic heterocycles. The topological polar surface area (TPSA) is 83.5 Å². The Hall–Kier alpha value is -1.05. The predicted molar refractivity (Wildman–Crippen MR) is 65.6 cm³/mol. The first-order chi connectivity index (χ1) is 7.88. The minimum atomic E-state index is -3.56. The third-order valence-electron chi connectivity index (χ3n) is 2.06. The summed E-state index contributed by atoms with van der Waals surface area (Å²) in [5.41, 5.74) is 0. The van der Waals surface area contributed by atoms with Gasteiger partial charge in [-0.3, -0.25) is 4.79 Å². The van der Waals surface area contributed by atoms with Gasteiger partial charge in [-0.25, -0.2) is 13.1 Å². The third kappa shape index (κ3) is 3.45. The number of rotatable bonds is 5. The maximum Gasteiger partial charge on any atom is 0.316 e. The van der Waals surface area contributed by atoms with Gasteiger partial charge in [-0.05, 0) is 26.1 Å². The highest BCUT2D eigenvalue weighted by Gasteiger charge is 2.20. The maximum absolute atomic E-state index is 11.7. The van der Waals surface area contributed by atoms with Crippen LogP contribution in [0.15, 0.2) is 34.1 Å². The Balaban J connectivity index is 3.14. The Morgan fingerprint density at radius 1 is 1.41 bits per heavy atom. The molecule has 0 heterocycles. The van der Waals surface area contributed by atoms with Crippen LogP contribution in [0.4, 0.5) is 0 Å². The molecular formula is C10H13NO4S2. The predicted octanol–water partition coefficient (Wildman–Crippen LogP) is 1.16. The molecule has 5 nitrogen and oxygen atoms in total. The molecule has 0 saturated heterocycles. The standard InChI is InChI=1S/C10H13NO4S2/c1-7(10(12)13)16-8-5-3-4-6-9(8)17(14,15)11-2/h3-7,11H,1-2H3,(H,12,13). The summed E-state index contributed by atoms with van der Waals surface area (Å²) in [7, 11) is -2.25. The van der Waals surface area contributed by atoms with Crippen molar-refractivity contribution in [3.63, 3.8) is 0 Å². The molecule has 1 aromatic rings. The maximum atomic E-state index is 11.7. The fourth-order valence-electron chi connectivity index (χ4n) is 1.12. The van der Waals surface area contributed by atoms with Gasteiger partial charge in [0.05, 0.1) is 4.90 Å². The average molecular weight is 275 g/mol. The number of carboxylic acid groups (broad SMARTS) is 1. The van der Waals surface area contributed by atoms with Crippen LogP contribution >= 0.6 is 11.8 Å². The monoisotopic (exact) mass is 275 g/mol. The zero-order valence-electron chi connectivity index (χ0n) is 9.38. The molecular weight excluding hydrogens is 262 g/mol. The number of carboxylic acids is 1. The lowest BCUT2D eigenvalue weighted by molar-refractivity contribution is -0.136. The summed E-state index contributed by atoms with van der Waals surface area (Å²) in [6, 6.07) is 6.31. The van der Waals surface area contributed by atoms with E-state index in [9.17, 15) is 13.2 Å². The zero-order chi connectivity index (χ0) is 13.1. The second kappa shape index (κ2) is 5.52. The highest BCUT2D eigenvalue weighted by molar-refractivity contribution is 8.01. The summed E-state index contributed by atoms with van der Waals surface area (Å²) in [6.07, 6.45) is 0. The van der Waals surface area contributed by atoms with Crippen molar-refractivity contribution in [2.45, 2.75) is 22.0 Å². The van der Waals surface area contributed by atoms with Crippen molar-refractivity contribution >= 4 is 27.8 Å². The van der Waals surface area contributed by atoms with Crippen molar-refractivity contribution in [3.05, 3.63) is 24.3 Å². The molecule has 0 aliphatic carbocycles. The molecule has 1 unspecified atom stereocenters. The largest absolute Gasteiger partial charge is 0.480 e. The van der Waals surface area contributed by atoms with Gasteiger partial charge >= 0.3 is 5.97 Å². The molecule has 7 heteroatoms. The minimum Gasteiger partial charge on any atom is -0.480 e. The molecule has 0 aliphatic rings. The summed E-state index contributed by atoms with van der Waals surface area (Å²) in [4.78, 5) is 11.3. The van der Waals surface area contributed by atoms with Gasteiger partial charge in [-0.2, -0.15) is 0 Å². The van der Waals surface area contributed by atoms with E-state index in [-0.39, 0.29) is 4.90 Å². The minimum absolute atomic E-state index is 0.0978. The first-order valence-corrected chi connectivity index (χ1v) is 7.17. The SMILES string of the molecule is CNS(=O)(=O)c1ccccc1SC(C)C(=O)O. The number of sulfonamides is 1. The lowest BCUT2D eigenvalue weighted by Gasteiger charge is -2.11. The average Bonchev–Trinajstić information content (AvgIpc) is 2.29.